The van der Waals surface area contributed by atoms with Gasteiger partial charge in [0.1, 0.15) is 0 Å². The third-order valence-corrected chi connectivity index (χ3v) is 19.9. The molecule has 0 bridgehead atoms. The van der Waals surface area contributed by atoms with E-state index in [-0.39, 0.29) is 39.2 Å². The Morgan fingerprint density at radius 1 is 0.338 bits per heavy atom. The van der Waals surface area contributed by atoms with Gasteiger partial charge in [-0.3, -0.25) is 0 Å². The smallest absolute Gasteiger partial charge is 0.252 e. The molecule has 2 aliphatic heterocycles. The van der Waals surface area contributed by atoms with Crippen molar-refractivity contribution in [2.24, 2.45) is 0 Å². The molecule has 3 nitrogen and oxygen atoms in total. The van der Waals surface area contributed by atoms with Gasteiger partial charge in [0, 0.05) is 45.5 Å². The molecule has 0 spiro atoms. The van der Waals surface area contributed by atoms with E-state index < -0.39 is 0 Å². The molecule has 3 aliphatic carbocycles. The Morgan fingerprint density at radius 3 is 1.32 bits per heavy atom. The van der Waals surface area contributed by atoms with Crippen LogP contribution in [0.3, 0.4) is 0 Å². The highest BCUT2D eigenvalue weighted by Gasteiger charge is 2.48. The zero-order valence-corrected chi connectivity index (χ0v) is 48.3. The molecule has 0 saturated carbocycles. The quantitative estimate of drug-likeness (QED) is 0.154. The van der Waals surface area contributed by atoms with Gasteiger partial charge in [-0.05, 0) is 211 Å². The van der Waals surface area contributed by atoms with Gasteiger partial charge in [-0.2, -0.15) is 0 Å². The lowest BCUT2D eigenvalue weighted by atomic mass is 9.33. The van der Waals surface area contributed by atoms with Gasteiger partial charge in [0.05, 0.1) is 5.69 Å². The fourth-order valence-electron chi connectivity index (χ4n) is 14.8. The molecule has 0 amide bonds. The number of hydrogen-bond acceptors (Lipinski definition) is 3. The number of hydrogen-bond donors (Lipinski definition) is 0. The maximum atomic E-state index is 2.73. The standard InChI is InChI=1S/C73H78BN3/c1-47-39-55-58(72(10,11)37-35-69(55,4)5)45-62(47)77-63-40-49(48-23-17-14-18-24-48)29-32-60(63)74-61-44-57-59(73(12,13)38-36-71(57,8)9)46-64(61)76(52-30-31-54-56(41-52)70(6,7)34-33-68(54,2)3)65-42-53(43-66(77)67(65)74)75(50-25-19-15-20-26-50)51-27-21-16-22-28-51/h14-32,39-46H,33-38H2,1-13H3. The van der Waals surface area contributed by atoms with Crippen molar-refractivity contribution in [1.29, 1.82) is 0 Å². The summed E-state index contributed by atoms with van der Waals surface area (Å²) in [6.07, 6.45) is 6.98. The third kappa shape index (κ3) is 7.80. The summed E-state index contributed by atoms with van der Waals surface area (Å²) in [6, 6.07) is 63.9. The Morgan fingerprint density at radius 2 is 0.779 bits per heavy atom. The van der Waals surface area contributed by atoms with Crippen molar-refractivity contribution in [2.45, 2.75) is 161 Å². The van der Waals surface area contributed by atoms with E-state index in [1.165, 1.54) is 113 Å². The van der Waals surface area contributed by atoms with Crippen LogP contribution in [-0.4, -0.2) is 6.71 Å². The van der Waals surface area contributed by atoms with Crippen LogP contribution in [0, 0.1) is 6.92 Å². The number of fused-ring (bicyclic) bond motifs is 7. The van der Waals surface area contributed by atoms with Crippen molar-refractivity contribution >= 4 is 74.3 Å². The fraction of sp³-hybridized carbons (Fsp3) is 0.342. The van der Waals surface area contributed by atoms with Gasteiger partial charge in [-0.25, -0.2) is 0 Å². The second kappa shape index (κ2) is 17.1. The number of aryl methyl sites for hydroxylation is 1. The Hall–Kier alpha value is -6.78. The lowest BCUT2D eigenvalue weighted by molar-refractivity contribution is 0.332. The molecule has 0 unspecified atom stereocenters. The fourth-order valence-corrected chi connectivity index (χ4v) is 14.8. The van der Waals surface area contributed by atoms with E-state index in [2.05, 4.69) is 269 Å². The van der Waals surface area contributed by atoms with E-state index >= 15 is 0 Å². The Bertz CT molecular complexity index is 3630. The van der Waals surface area contributed by atoms with E-state index in [0.29, 0.717) is 0 Å². The van der Waals surface area contributed by atoms with E-state index in [4.69, 9.17) is 0 Å². The van der Waals surface area contributed by atoms with Gasteiger partial charge < -0.3 is 14.7 Å². The molecule has 77 heavy (non-hydrogen) atoms. The van der Waals surface area contributed by atoms with E-state index in [0.717, 1.165) is 42.7 Å². The van der Waals surface area contributed by atoms with Crippen LogP contribution in [0.1, 0.15) is 161 Å². The molecule has 2 heterocycles. The highest BCUT2D eigenvalue weighted by molar-refractivity contribution is 7.00. The summed E-state index contributed by atoms with van der Waals surface area (Å²) >= 11 is 0. The van der Waals surface area contributed by atoms with E-state index in [1.807, 2.05) is 0 Å². The topological polar surface area (TPSA) is 9.72 Å². The van der Waals surface area contributed by atoms with Crippen LogP contribution in [0.15, 0.2) is 164 Å². The minimum Gasteiger partial charge on any atom is -0.311 e. The summed E-state index contributed by atoms with van der Waals surface area (Å²) in [6.45, 7) is 32.1. The zero-order chi connectivity index (χ0) is 53.8. The van der Waals surface area contributed by atoms with Crippen molar-refractivity contribution in [3.63, 3.8) is 0 Å². The summed E-state index contributed by atoms with van der Waals surface area (Å²) in [5.74, 6) is 0. The average Bonchev–Trinajstić information content (AvgIpc) is 3.60. The Balaban J connectivity index is 1.20. The highest BCUT2D eigenvalue weighted by Crippen LogP contribution is 2.56. The summed E-state index contributed by atoms with van der Waals surface area (Å²) < 4.78 is 0. The molecule has 8 aromatic carbocycles. The molecule has 388 valence electrons. The molecule has 13 rings (SSSR count). The average molecular weight is 1010 g/mol. The van der Waals surface area contributed by atoms with Gasteiger partial charge in [0.15, 0.2) is 0 Å². The van der Waals surface area contributed by atoms with Gasteiger partial charge in [0.2, 0.25) is 0 Å². The van der Waals surface area contributed by atoms with Crippen LogP contribution >= 0.6 is 0 Å². The summed E-state index contributed by atoms with van der Waals surface area (Å²) in [4.78, 5) is 7.94. The van der Waals surface area contributed by atoms with Gasteiger partial charge in [-0.1, -0.05) is 180 Å². The molecule has 0 atom stereocenters. The minimum atomic E-state index is -0.0364. The van der Waals surface area contributed by atoms with E-state index in [9.17, 15) is 0 Å². The molecule has 0 saturated heterocycles. The molecule has 0 radical (unpaired) electrons. The SMILES string of the molecule is Cc1cc2c(cc1N1c3cc(-c4ccccc4)ccc3B3c4cc5c(cc4N(c4ccc6c(c4)C(C)(C)CCC6(C)C)c4cc(N(c6ccccc6)c6ccccc6)cc1c43)C(C)(C)CCC5(C)C)C(C)(C)CCC2(C)C. The molecular formula is C73H78BN3. The minimum absolute atomic E-state index is 0.0102. The monoisotopic (exact) mass is 1010 g/mol. The van der Waals surface area contributed by atoms with Crippen LogP contribution in [0.2, 0.25) is 0 Å². The first kappa shape index (κ1) is 49.8. The molecule has 0 aromatic heterocycles. The van der Waals surface area contributed by atoms with Crippen LogP contribution in [-0.2, 0) is 32.5 Å². The molecule has 5 aliphatic rings. The van der Waals surface area contributed by atoms with Crippen LogP contribution in [0.4, 0.5) is 51.2 Å². The van der Waals surface area contributed by atoms with Crippen molar-refractivity contribution in [2.75, 3.05) is 14.7 Å². The van der Waals surface area contributed by atoms with Crippen molar-refractivity contribution in [3.05, 3.63) is 203 Å². The Kier molecular flexibility index (Phi) is 11.1. The van der Waals surface area contributed by atoms with Crippen molar-refractivity contribution in [1.82, 2.24) is 0 Å². The number of nitrogens with zero attached hydrogens (tertiary/aromatic N) is 3. The number of anilines is 9. The first-order valence-electron chi connectivity index (χ1n) is 28.9. The predicted octanol–water partition coefficient (Wildman–Crippen LogP) is 18.3. The first-order valence-corrected chi connectivity index (χ1v) is 28.9. The largest absolute Gasteiger partial charge is 0.311 e. The predicted molar refractivity (Wildman–Crippen MR) is 331 cm³/mol. The first-order chi connectivity index (χ1) is 36.5. The number of benzene rings is 8. The summed E-state index contributed by atoms with van der Waals surface area (Å²) in [7, 11) is 0. The summed E-state index contributed by atoms with van der Waals surface area (Å²) in [5.41, 5.74) is 28.0. The highest BCUT2D eigenvalue weighted by atomic mass is 15.2. The summed E-state index contributed by atoms with van der Waals surface area (Å²) in [5, 5.41) is 0. The van der Waals surface area contributed by atoms with Crippen molar-refractivity contribution < 1.29 is 0 Å². The molecule has 4 heteroatoms. The third-order valence-electron chi connectivity index (χ3n) is 19.9. The van der Waals surface area contributed by atoms with Crippen LogP contribution < -0.4 is 31.1 Å². The van der Waals surface area contributed by atoms with Crippen molar-refractivity contribution in [3.8, 4) is 11.1 Å². The molecule has 0 N–H and O–H groups in total. The van der Waals surface area contributed by atoms with Gasteiger partial charge in [0.25, 0.3) is 6.71 Å². The maximum Gasteiger partial charge on any atom is 0.252 e. The second-order valence-electron chi connectivity index (χ2n) is 27.8. The second-order valence-corrected chi connectivity index (χ2v) is 27.8. The molecule has 8 aromatic rings. The number of rotatable bonds is 6. The van der Waals surface area contributed by atoms with Gasteiger partial charge >= 0.3 is 0 Å². The molecule has 0 fully saturated rings. The van der Waals surface area contributed by atoms with Crippen LogP contribution in [0.25, 0.3) is 11.1 Å². The lowest BCUT2D eigenvalue weighted by Crippen LogP contribution is -2.62. The molecular weight excluding hydrogens is 930 g/mol. The normalized spacial score (nSPS) is 19.2. The lowest BCUT2D eigenvalue weighted by Gasteiger charge is -2.48. The maximum absolute atomic E-state index is 2.73. The van der Waals surface area contributed by atoms with Gasteiger partial charge in [-0.15, -0.1) is 0 Å². The zero-order valence-electron chi connectivity index (χ0n) is 48.3. The van der Waals surface area contributed by atoms with Crippen LogP contribution in [0.5, 0.6) is 0 Å². The Labute approximate surface area is 461 Å². The number of para-hydroxylation sites is 2. The van der Waals surface area contributed by atoms with E-state index in [1.54, 1.807) is 0 Å².